The molecule has 12 heavy (non-hydrogen) atoms. The zero-order valence-electron chi connectivity index (χ0n) is 7.92. The van der Waals surface area contributed by atoms with E-state index in [1.165, 1.54) is 0 Å². The second-order valence-corrected chi connectivity index (χ2v) is 3.48. The van der Waals surface area contributed by atoms with Crippen molar-refractivity contribution in [2.45, 2.75) is 44.4 Å². The van der Waals surface area contributed by atoms with Gasteiger partial charge >= 0.3 is 0 Å². The van der Waals surface area contributed by atoms with E-state index in [1.54, 1.807) is 7.11 Å². The van der Waals surface area contributed by atoms with Gasteiger partial charge in [-0.15, -0.1) is 0 Å². The molecular weight excluding hydrogens is 154 g/mol. The fourth-order valence-electron chi connectivity index (χ4n) is 1.53. The lowest BCUT2D eigenvalue weighted by Crippen LogP contribution is -2.50. The second-order valence-electron chi connectivity index (χ2n) is 3.48. The van der Waals surface area contributed by atoms with E-state index < -0.39 is 0 Å². The summed E-state index contributed by atoms with van der Waals surface area (Å²) in [5.74, 6) is 0. The van der Waals surface area contributed by atoms with Gasteiger partial charge in [0.25, 0.3) is 0 Å². The SMILES string of the molecule is CC[C@H](CO)NC1CC(OC)C1. The predicted molar refractivity (Wildman–Crippen MR) is 48.1 cm³/mol. The van der Waals surface area contributed by atoms with Crippen LogP contribution in [0.3, 0.4) is 0 Å². The van der Waals surface area contributed by atoms with Crippen molar-refractivity contribution in [2.24, 2.45) is 0 Å². The van der Waals surface area contributed by atoms with Gasteiger partial charge in [0.2, 0.25) is 0 Å². The van der Waals surface area contributed by atoms with Crippen LogP contribution in [0.5, 0.6) is 0 Å². The van der Waals surface area contributed by atoms with Gasteiger partial charge in [-0.1, -0.05) is 6.92 Å². The van der Waals surface area contributed by atoms with Gasteiger partial charge in [0.15, 0.2) is 0 Å². The summed E-state index contributed by atoms with van der Waals surface area (Å²) < 4.78 is 5.16. The van der Waals surface area contributed by atoms with Crippen LogP contribution in [0.2, 0.25) is 0 Å². The molecule has 0 bridgehead atoms. The summed E-state index contributed by atoms with van der Waals surface area (Å²) in [5, 5.41) is 12.3. The van der Waals surface area contributed by atoms with Gasteiger partial charge in [0.1, 0.15) is 0 Å². The number of aliphatic hydroxyl groups is 1. The van der Waals surface area contributed by atoms with Crippen LogP contribution in [0, 0.1) is 0 Å². The summed E-state index contributed by atoms with van der Waals surface area (Å²) in [6.45, 7) is 2.32. The van der Waals surface area contributed by atoms with Crippen molar-refractivity contribution >= 4 is 0 Å². The molecule has 0 aromatic carbocycles. The van der Waals surface area contributed by atoms with E-state index in [2.05, 4.69) is 12.2 Å². The van der Waals surface area contributed by atoms with Gasteiger partial charge in [-0.05, 0) is 19.3 Å². The Morgan fingerprint density at radius 1 is 1.58 bits per heavy atom. The summed E-state index contributed by atoms with van der Waals surface area (Å²) in [7, 11) is 1.75. The van der Waals surface area contributed by atoms with Crippen LogP contribution in [-0.4, -0.2) is 37.0 Å². The fraction of sp³-hybridized carbons (Fsp3) is 1.00. The van der Waals surface area contributed by atoms with Crippen molar-refractivity contribution in [1.29, 1.82) is 0 Å². The van der Waals surface area contributed by atoms with E-state index >= 15 is 0 Å². The molecule has 1 aliphatic rings. The summed E-state index contributed by atoms with van der Waals surface area (Å²) in [6.07, 6.45) is 3.61. The molecule has 3 nitrogen and oxygen atoms in total. The molecule has 72 valence electrons. The van der Waals surface area contributed by atoms with E-state index in [1.807, 2.05) is 0 Å². The van der Waals surface area contributed by atoms with Crippen molar-refractivity contribution in [3.8, 4) is 0 Å². The average molecular weight is 173 g/mol. The van der Waals surface area contributed by atoms with E-state index in [-0.39, 0.29) is 12.6 Å². The topological polar surface area (TPSA) is 41.5 Å². The van der Waals surface area contributed by atoms with Gasteiger partial charge in [0.05, 0.1) is 12.7 Å². The smallest absolute Gasteiger partial charge is 0.0601 e. The highest BCUT2D eigenvalue weighted by Gasteiger charge is 2.29. The quantitative estimate of drug-likeness (QED) is 0.637. The normalized spacial score (nSPS) is 31.2. The molecule has 0 radical (unpaired) electrons. The molecule has 1 saturated carbocycles. The molecule has 0 amide bonds. The predicted octanol–water partition coefficient (Wildman–Crippen LogP) is 0.524. The number of ether oxygens (including phenoxy) is 1. The van der Waals surface area contributed by atoms with Crippen LogP contribution >= 0.6 is 0 Å². The summed E-state index contributed by atoms with van der Waals surface area (Å²) in [6, 6.07) is 0.833. The first-order valence-electron chi connectivity index (χ1n) is 4.69. The molecule has 0 aliphatic heterocycles. The lowest BCUT2D eigenvalue weighted by Gasteiger charge is -2.36. The largest absolute Gasteiger partial charge is 0.395 e. The zero-order chi connectivity index (χ0) is 8.97. The molecule has 2 N–H and O–H groups in total. The van der Waals surface area contributed by atoms with Crippen LogP contribution in [0.15, 0.2) is 0 Å². The standard InChI is InChI=1S/C9H19NO2/c1-3-7(6-11)10-8-4-9(5-8)12-2/h7-11H,3-6H2,1-2H3/t7-,8?,9?/m1/s1. The molecular formula is C9H19NO2. The van der Waals surface area contributed by atoms with E-state index in [9.17, 15) is 0 Å². The Balaban J connectivity index is 2.09. The Morgan fingerprint density at radius 2 is 2.25 bits per heavy atom. The molecule has 1 fully saturated rings. The van der Waals surface area contributed by atoms with Gasteiger partial charge in [0, 0.05) is 19.2 Å². The Hall–Kier alpha value is -0.120. The van der Waals surface area contributed by atoms with E-state index in [0.717, 1.165) is 19.3 Å². The van der Waals surface area contributed by atoms with Crippen molar-refractivity contribution in [1.82, 2.24) is 5.32 Å². The maximum absolute atomic E-state index is 8.92. The molecule has 1 atom stereocenters. The fourth-order valence-corrected chi connectivity index (χ4v) is 1.53. The summed E-state index contributed by atoms with van der Waals surface area (Å²) in [5.41, 5.74) is 0. The molecule has 0 aromatic heterocycles. The molecule has 0 unspecified atom stereocenters. The molecule has 0 saturated heterocycles. The Kier molecular flexibility index (Phi) is 3.98. The number of rotatable bonds is 5. The van der Waals surface area contributed by atoms with Crippen molar-refractivity contribution in [3.63, 3.8) is 0 Å². The number of hydrogen-bond acceptors (Lipinski definition) is 3. The van der Waals surface area contributed by atoms with Crippen molar-refractivity contribution < 1.29 is 9.84 Å². The maximum Gasteiger partial charge on any atom is 0.0601 e. The Morgan fingerprint density at radius 3 is 2.67 bits per heavy atom. The second kappa shape index (κ2) is 4.80. The first-order valence-corrected chi connectivity index (χ1v) is 4.69. The lowest BCUT2D eigenvalue weighted by atomic mass is 9.88. The number of nitrogens with one attached hydrogen (secondary N) is 1. The highest BCUT2D eigenvalue weighted by atomic mass is 16.5. The molecule has 0 heterocycles. The molecule has 0 spiro atoms. The third-order valence-electron chi connectivity index (χ3n) is 2.61. The first-order chi connectivity index (χ1) is 5.80. The van der Waals surface area contributed by atoms with Crippen LogP contribution in [-0.2, 0) is 4.74 Å². The Labute approximate surface area is 74.1 Å². The summed E-state index contributed by atoms with van der Waals surface area (Å²) in [4.78, 5) is 0. The van der Waals surface area contributed by atoms with Crippen LogP contribution in [0.4, 0.5) is 0 Å². The first kappa shape index (κ1) is 9.96. The van der Waals surface area contributed by atoms with Crippen molar-refractivity contribution in [3.05, 3.63) is 0 Å². The van der Waals surface area contributed by atoms with Crippen LogP contribution in [0.25, 0.3) is 0 Å². The highest BCUT2D eigenvalue weighted by molar-refractivity contribution is 4.87. The van der Waals surface area contributed by atoms with E-state index in [0.29, 0.717) is 12.1 Å². The average Bonchev–Trinajstić information content (AvgIpc) is 2.03. The van der Waals surface area contributed by atoms with Gasteiger partial charge < -0.3 is 15.2 Å². The summed E-state index contributed by atoms with van der Waals surface area (Å²) >= 11 is 0. The number of hydrogen-bond donors (Lipinski definition) is 2. The zero-order valence-corrected chi connectivity index (χ0v) is 7.92. The third-order valence-corrected chi connectivity index (χ3v) is 2.61. The highest BCUT2D eigenvalue weighted by Crippen LogP contribution is 2.22. The van der Waals surface area contributed by atoms with Crippen molar-refractivity contribution in [2.75, 3.05) is 13.7 Å². The van der Waals surface area contributed by atoms with Crippen LogP contribution < -0.4 is 5.32 Å². The van der Waals surface area contributed by atoms with E-state index in [4.69, 9.17) is 9.84 Å². The monoisotopic (exact) mass is 173 g/mol. The molecule has 1 aliphatic carbocycles. The van der Waals surface area contributed by atoms with Gasteiger partial charge in [-0.2, -0.15) is 0 Å². The molecule has 1 rings (SSSR count). The number of methoxy groups -OCH3 is 1. The minimum atomic E-state index is 0.241. The van der Waals surface area contributed by atoms with Crippen LogP contribution in [0.1, 0.15) is 26.2 Å². The molecule has 3 heteroatoms. The maximum atomic E-state index is 8.92. The molecule has 0 aromatic rings. The third kappa shape index (κ3) is 2.44. The van der Waals surface area contributed by atoms with Gasteiger partial charge in [-0.25, -0.2) is 0 Å². The minimum absolute atomic E-state index is 0.241. The van der Waals surface area contributed by atoms with Gasteiger partial charge in [-0.3, -0.25) is 0 Å². The minimum Gasteiger partial charge on any atom is -0.395 e. The number of aliphatic hydroxyl groups excluding tert-OH is 1. The lowest BCUT2D eigenvalue weighted by molar-refractivity contribution is 0.0116. The Bertz CT molecular complexity index is 120.